The monoisotopic (exact) mass is 331 g/mol. The van der Waals surface area contributed by atoms with Crippen LogP contribution in [0, 0.1) is 12.8 Å². The van der Waals surface area contributed by atoms with Gasteiger partial charge in [0.2, 0.25) is 10.0 Å². The van der Waals surface area contributed by atoms with Crippen LogP contribution in [0.3, 0.4) is 0 Å². The van der Waals surface area contributed by atoms with Crippen molar-refractivity contribution in [3.8, 4) is 0 Å². The largest absolute Gasteiger partial charge is 0.477 e. The maximum atomic E-state index is 12.4. The Morgan fingerprint density at radius 2 is 2.00 bits per heavy atom. The molecule has 1 fully saturated rings. The van der Waals surface area contributed by atoms with E-state index in [1.165, 1.54) is 12.5 Å². The summed E-state index contributed by atoms with van der Waals surface area (Å²) in [6.07, 6.45) is 5.62. The van der Waals surface area contributed by atoms with Crippen LogP contribution in [0.2, 0.25) is 0 Å². The smallest absolute Gasteiger partial charge is 0.345 e. The van der Waals surface area contributed by atoms with E-state index in [2.05, 4.69) is 4.72 Å². The van der Waals surface area contributed by atoms with Crippen molar-refractivity contribution in [2.45, 2.75) is 56.9 Å². The molecule has 1 aliphatic carbocycles. The molecular formula is C14H21NO4S2. The van der Waals surface area contributed by atoms with E-state index in [9.17, 15) is 13.2 Å². The zero-order valence-corrected chi connectivity index (χ0v) is 13.9. The predicted octanol–water partition coefficient (Wildman–Crippen LogP) is 3.00. The van der Waals surface area contributed by atoms with Gasteiger partial charge in [0.05, 0.1) is 4.90 Å². The fraction of sp³-hybridized carbons (Fsp3) is 0.643. The van der Waals surface area contributed by atoms with Crippen LogP contribution in [0.5, 0.6) is 0 Å². The second-order valence-corrected chi connectivity index (χ2v) is 8.58. The average molecular weight is 331 g/mol. The molecule has 0 bridgehead atoms. The van der Waals surface area contributed by atoms with Crippen molar-refractivity contribution in [3.63, 3.8) is 0 Å². The normalized spacial score (nSPS) is 18.6. The number of carboxylic acids is 1. The van der Waals surface area contributed by atoms with Crippen LogP contribution in [-0.4, -0.2) is 25.5 Å². The summed E-state index contributed by atoms with van der Waals surface area (Å²) < 4.78 is 27.6. The molecule has 0 aliphatic heterocycles. The third-order valence-electron chi connectivity index (χ3n) is 4.07. The van der Waals surface area contributed by atoms with Crippen molar-refractivity contribution in [3.05, 3.63) is 15.8 Å². The summed E-state index contributed by atoms with van der Waals surface area (Å²) in [6, 6.07) is 1.13. The Bertz CT molecular complexity index is 615. The quantitative estimate of drug-likeness (QED) is 0.869. The zero-order valence-electron chi connectivity index (χ0n) is 12.3. The minimum atomic E-state index is -3.66. The highest BCUT2D eigenvalue weighted by molar-refractivity contribution is 7.89. The van der Waals surface area contributed by atoms with Gasteiger partial charge in [-0.25, -0.2) is 17.9 Å². The number of carboxylic acid groups (broad SMARTS) is 1. The number of rotatable bonds is 5. The molecule has 1 aromatic rings. The lowest BCUT2D eigenvalue weighted by molar-refractivity contribution is 0.0702. The molecule has 0 amide bonds. The van der Waals surface area contributed by atoms with Gasteiger partial charge in [0.1, 0.15) is 4.88 Å². The van der Waals surface area contributed by atoms with E-state index >= 15 is 0 Å². The third kappa shape index (κ3) is 3.84. The van der Waals surface area contributed by atoms with Crippen molar-refractivity contribution in [2.75, 3.05) is 0 Å². The van der Waals surface area contributed by atoms with E-state index in [1.807, 2.05) is 6.92 Å². The fourth-order valence-electron chi connectivity index (χ4n) is 2.88. The molecule has 118 valence electrons. The molecule has 1 atom stereocenters. The van der Waals surface area contributed by atoms with Gasteiger partial charge < -0.3 is 5.11 Å². The molecule has 1 aliphatic rings. The summed E-state index contributed by atoms with van der Waals surface area (Å²) >= 11 is 0.993. The highest BCUT2D eigenvalue weighted by Crippen LogP contribution is 2.29. The Hall–Kier alpha value is -0.920. The second-order valence-electron chi connectivity index (χ2n) is 5.64. The number of aryl methyl sites for hydroxylation is 1. The van der Waals surface area contributed by atoms with E-state index in [4.69, 9.17) is 5.11 Å². The molecule has 0 aromatic carbocycles. The van der Waals surface area contributed by atoms with E-state index in [1.54, 1.807) is 6.92 Å². The Kier molecular flexibility index (Phi) is 5.06. The lowest BCUT2D eigenvalue weighted by Crippen LogP contribution is -2.38. The van der Waals surface area contributed by atoms with E-state index < -0.39 is 16.0 Å². The Morgan fingerprint density at radius 1 is 1.38 bits per heavy atom. The molecule has 1 saturated carbocycles. The molecule has 0 radical (unpaired) electrons. The van der Waals surface area contributed by atoms with Crippen molar-refractivity contribution in [1.29, 1.82) is 0 Å². The number of thiophene rings is 1. The van der Waals surface area contributed by atoms with Gasteiger partial charge in [0.25, 0.3) is 0 Å². The first kappa shape index (κ1) is 16.5. The van der Waals surface area contributed by atoms with Gasteiger partial charge in [-0.1, -0.05) is 19.3 Å². The first-order valence-corrected chi connectivity index (χ1v) is 9.47. The molecule has 1 aromatic heterocycles. The molecule has 2 N–H and O–H groups in total. The fourth-order valence-corrected chi connectivity index (χ4v) is 5.62. The first-order chi connectivity index (χ1) is 9.81. The second kappa shape index (κ2) is 6.46. The van der Waals surface area contributed by atoms with Crippen LogP contribution in [0.1, 0.15) is 53.6 Å². The van der Waals surface area contributed by atoms with Crippen molar-refractivity contribution in [1.82, 2.24) is 4.72 Å². The topological polar surface area (TPSA) is 83.5 Å². The summed E-state index contributed by atoms with van der Waals surface area (Å²) in [6.45, 7) is 3.53. The molecule has 21 heavy (non-hydrogen) atoms. The van der Waals surface area contributed by atoms with Crippen LogP contribution in [0.15, 0.2) is 11.0 Å². The van der Waals surface area contributed by atoms with Crippen LogP contribution in [0.4, 0.5) is 0 Å². The Morgan fingerprint density at radius 3 is 2.52 bits per heavy atom. The van der Waals surface area contributed by atoms with Gasteiger partial charge in [-0.05, 0) is 38.7 Å². The maximum absolute atomic E-state index is 12.4. The van der Waals surface area contributed by atoms with Gasteiger partial charge in [-0.2, -0.15) is 0 Å². The van der Waals surface area contributed by atoms with Gasteiger partial charge in [0, 0.05) is 10.9 Å². The highest BCUT2D eigenvalue weighted by atomic mass is 32.2. The molecule has 2 rings (SSSR count). The van der Waals surface area contributed by atoms with Crippen LogP contribution >= 0.6 is 11.3 Å². The van der Waals surface area contributed by atoms with Gasteiger partial charge in [0.15, 0.2) is 0 Å². The molecular weight excluding hydrogens is 310 g/mol. The van der Waals surface area contributed by atoms with Crippen molar-refractivity contribution >= 4 is 27.3 Å². The summed E-state index contributed by atoms with van der Waals surface area (Å²) in [4.78, 5) is 11.6. The summed E-state index contributed by atoms with van der Waals surface area (Å²) in [5.41, 5.74) is 0. The number of aromatic carboxylic acids is 1. The maximum Gasteiger partial charge on any atom is 0.345 e. The van der Waals surface area contributed by atoms with Gasteiger partial charge in [-0.3, -0.25) is 0 Å². The van der Waals surface area contributed by atoms with E-state index in [-0.39, 0.29) is 15.8 Å². The lowest BCUT2D eigenvalue weighted by Gasteiger charge is -2.28. The molecule has 0 spiro atoms. The summed E-state index contributed by atoms with van der Waals surface area (Å²) in [5, 5.41) is 8.97. The van der Waals surface area contributed by atoms with Gasteiger partial charge in [-0.15, -0.1) is 11.3 Å². The van der Waals surface area contributed by atoms with Crippen LogP contribution < -0.4 is 4.72 Å². The lowest BCUT2D eigenvalue weighted by atomic mass is 9.85. The number of hydrogen-bond acceptors (Lipinski definition) is 4. The number of sulfonamides is 1. The Balaban J connectivity index is 2.16. The van der Waals surface area contributed by atoms with E-state index in [0.29, 0.717) is 10.8 Å². The molecule has 5 nitrogen and oxygen atoms in total. The van der Waals surface area contributed by atoms with Crippen LogP contribution in [0.25, 0.3) is 0 Å². The minimum Gasteiger partial charge on any atom is -0.477 e. The molecule has 7 heteroatoms. The standard InChI is InChI=1S/C14H21NO4S2/c1-9(11-6-4-3-5-7-11)15-21(18,19)13-8-12(14(16)17)20-10(13)2/h8-9,11,15H,3-7H2,1-2H3,(H,16,17)/t9-/m1/s1. The summed E-state index contributed by atoms with van der Waals surface area (Å²) in [5.74, 6) is -0.726. The number of nitrogens with one attached hydrogen (secondary N) is 1. The number of hydrogen-bond donors (Lipinski definition) is 2. The van der Waals surface area contributed by atoms with Crippen molar-refractivity contribution in [2.24, 2.45) is 5.92 Å². The SMILES string of the molecule is Cc1sc(C(=O)O)cc1S(=O)(=O)N[C@H](C)C1CCCCC1. The molecule has 0 unspecified atom stereocenters. The van der Waals surface area contributed by atoms with Crippen molar-refractivity contribution < 1.29 is 18.3 Å². The average Bonchev–Trinajstić information content (AvgIpc) is 2.82. The number of carbonyl (C=O) groups is 1. The summed E-state index contributed by atoms with van der Waals surface area (Å²) in [7, 11) is -3.66. The molecule has 0 saturated heterocycles. The minimum absolute atomic E-state index is 0.0539. The highest BCUT2D eigenvalue weighted by Gasteiger charge is 2.27. The molecule has 1 heterocycles. The zero-order chi connectivity index (χ0) is 15.6. The Labute approximate surface area is 129 Å². The van der Waals surface area contributed by atoms with Crippen LogP contribution in [-0.2, 0) is 10.0 Å². The van der Waals surface area contributed by atoms with Gasteiger partial charge >= 0.3 is 5.97 Å². The first-order valence-electron chi connectivity index (χ1n) is 7.17. The van der Waals surface area contributed by atoms with E-state index in [0.717, 1.165) is 37.0 Å². The predicted molar refractivity (Wildman–Crippen MR) is 82.4 cm³/mol. The third-order valence-corrected chi connectivity index (χ3v) is 6.92.